The standard InChI is InChI=1S/C18H25NO2/c1-3-9-16(18(20)21-4-2)17-12-8-13-19(17)14-15-10-6-5-7-11-15/h5-7,10-11H,3-4,8-9,12-14H2,1-2H3/b17-16+. The average Bonchev–Trinajstić information content (AvgIpc) is 2.94. The minimum absolute atomic E-state index is 0.130. The molecule has 0 amide bonds. The zero-order valence-electron chi connectivity index (χ0n) is 13.1. The number of benzene rings is 1. The highest BCUT2D eigenvalue weighted by atomic mass is 16.5. The minimum atomic E-state index is -0.130. The van der Waals surface area contributed by atoms with E-state index in [0.29, 0.717) is 6.61 Å². The van der Waals surface area contributed by atoms with E-state index >= 15 is 0 Å². The number of rotatable bonds is 6. The van der Waals surface area contributed by atoms with E-state index in [0.717, 1.165) is 44.3 Å². The van der Waals surface area contributed by atoms with E-state index in [4.69, 9.17) is 4.74 Å². The van der Waals surface area contributed by atoms with Crippen molar-refractivity contribution in [2.75, 3.05) is 13.2 Å². The summed E-state index contributed by atoms with van der Waals surface area (Å²) in [5.74, 6) is -0.130. The van der Waals surface area contributed by atoms with Gasteiger partial charge < -0.3 is 9.64 Å². The Morgan fingerprint density at radius 2 is 2.00 bits per heavy atom. The molecule has 3 nitrogen and oxygen atoms in total. The molecule has 21 heavy (non-hydrogen) atoms. The number of hydrogen-bond acceptors (Lipinski definition) is 3. The molecule has 2 rings (SSSR count). The van der Waals surface area contributed by atoms with Crippen molar-refractivity contribution in [3.05, 3.63) is 47.2 Å². The predicted octanol–water partition coefficient (Wildman–Crippen LogP) is 3.90. The molecule has 1 aromatic carbocycles. The fourth-order valence-electron chi connectivity index (χ4n) is 2.88. The number of esters is 1. The maximum absolute atomic E-state index is 12.2. The molecular weight excluding hydrogens is 262 g/mol. The predicted molar refractivity (Wildman–Crippen MR) is 84.7 cm³/mol. The summed E-state index contributed by atoms with van der Waals surface area (Å²) in [6, 6.07) is 10.4. The van der Waals surface area contributed by atoms with Crippen LogP contribution >= 0.6 is 0 Å². The maximum atomic E-state index is 12.2. The van der Waals surface area contributed by atoms with Crippen molar-refractivity contribution in [1.29, 1.82) is 0 Å². The molecule has 1 heterocycles. The molecule has 0 aromatic heterocycles. The molecule has 1 saturated heterocycles. The quantitative estimate of drug-likeness (QED) is 0.587. The van der Waals surface area contributed by atoms with Gasteiger partial charge in [-0.05, 0) is 31.7 Å². The van der Waals surface area contributed by atoms with Gasteiger partial charge in [0.1, 0.15) is 0 Å². The lowest BCUT2D eigenvalue weighted by Gasteiger charge is -2.23. The van der Waals surface area contributed by atoms with Crippen molar-refractivity contribution in [3.8, 4) is 0 Å². The van der Waals surface area contributed by atoms with Crippen LogP contribution in [0.3, 0.4) is 0 Å². The van der Waals surface area contributed by atoms with Gasteiger partial charge in [0.15, 0.2) is 0 Å². The molecule has 1 aromatic rings. The van der Waals surface area contributed by atoms with Gasteiger partial charge in [-0.15, -0.1) is 0 Å². The van der Waals surface area contributed by atoms with E-state index in [2.05, 4.69) is 36.1 Å². The third kappa shape index (κ3) is 4.10. The van der Waals surface area contributed by atoms with Gasteiger partial charge >= 0.3 is 5.97 Å². The monoisotopic (exact) mass is 287 g/mol. The molecule has 1 fully saturated rings. The Hall–Kier alpha value is -1.77. The van der Waals surface area contributed by atoms with Crippen LogP contribution in [-0.4, -0.2) is 24.0 Å². The summed E-state index contributed by atoms with van der Waals surface area (Å²) in [6.45, 7) is 6.32. The lowest BCUT2D eigenvalue weighted by atomic mass is 10.1. The van der Waals surface area contributed by atoms with E-state index in [1.165, 1.54) is 11.3 Å². The molecule has 0 bridgehead atoms. The van der Waals surface area contributed by atoms with Gasteiger partial charge in [-0.1, -0.05) is 43.7 Å². The van der Waals surface area contributed by atoms with Gasteiger partial charge in [0, 0.05) is 18.8 Å². The van der Waals surface area contributed by atoms with Gasteiger partial charge in [-0.3, -0.25) is 0 Å². The largest absolute Gasteiger partial charge is 0.463 e. The minimum Gasteiger partial charge on any atom is -0.463 e. The van der Waals surface area contributed by atoms with E-state index < -0.39 is 0 Å². The Balaban J connectivity index is 2.20. The van der Waals surface area contributed by atoms with Gasteiger partial charge in [0.05, 0.1) is 12.2 Å². The topological polar surface area (TPSA) is 29.5 Å². The van der Waals surface area contributed by atoms with Gasteiger partial charge in [-0.2, -0.15) is 0 Å². The highest BCUT2D eigenvalue weighted by Crippen LogP contribution is 2.29. The lowest BCUT2D eigenvalue weighted by molar-refractivity contribution is -0.138. The molecule has 3 heteroatoms. The summed E-state index contributed by atoms with van der Waals surface area (Å²) in [4.78, 5) is 14.6. The fraction of sp³-hybridized carbons (Fsp3) is 0.500. The molecule has 114 valence electrons. The van der Waals surface area contributed by atoms with Crippen LogP contribution in [0, 0.1) is 0 Å². The molecule has 1 aliphatic rings. The van der Waals surface area contributed by atoms with Gasteiger partial charge in [-0.25, -0.2) is 4.79 Å². The summed E-state index contributed by atoms with van der Waals surface area (Å²) < 4.78 is 5.24. The number of likely N-dealkylation sites (tertiary alicyclic amines) is 1. The summed E-state index contributed by atoms with van der Waals surface area (Å²) >= 11 is 0. The molecular formula is C18H25NO2. The molecule has 1 aliphatic heterocycles. The number of ether oxygens (including phenoxy) is 1. The van der Waals surface area contributed by atoms with Crippen molar-refractivity contribution in [1.82, 2.24) is 4.90 Å². The third-order valence-electron chi connectivity index (χ3n) is 3.81. The molecule has 0 radical (unpaired) electrons. The fourth-order valence-corrected chi connectivity index (χ4v) is 2.88. The summed E-state index contributed by atoms with van der Waals surface area (Å²) in [7, 11) is 0. The number of allylic oxidation sites excluding steroid dienone is 1. The normalized spacial score (nSPS) is 17.0. The number of nitrogens with zero attached hydrogens (tertiary/aromatic N) is 1. The molecule has 0 spiro atoms. The van der Waals surface area contributed by atoms with Crippen LogP contribution in [0.1, 0.15) is 45.1 Å². The first-order valence-corrected chi connectivity index (χ1v) is 7.94. The van der Waals surface area contributed by atoms with Gasteiger partial charge in [0.25, 0.3) is 0 Å². The van der Waals surface area contributed by atoms with Crippen molar-refractivity contribution >= 4 is 5.97 Å². The molecule has 0 aliphatic carbocycles. The second kappa shape index (κ2) is 7.87. The van der Waals surface area contributed by atoms with Crippen molar-refractivity contribution in [2.24, 2.45) is 0 Å². The summed E-state index contributed by atoms with van der Waals surface area (Å²) in [6.07, 6.45) is 3.88. The number of hydrogen-bond donors (Lipinski definition) is 0. The number of carbonyl (C=O) groups is 1. The SMILES string of the molecule is CCC/C(C(=O)OCC)=C1/CCCN1Cc1ccccc1. The first-order valence-electron chi connectivity index (χ1n) is 7.94. The molecule has 0 saturated carbocycles. The third-order valence-corrected chi connectivity index (χ3v) is 3.81. The molecule has 0 unspecified atom stereocenters. The maximum Gasteiger partial charge on any atom is 0.335 e. The molecule has 0 N–H and O–H groups in total. The van der Waals surface area contributed by atoms with Crippen LogP contribution in [0.15, 0.2) is 41.6 Å². The van der Waals surface area contributed by atoms with E-state index in [9.17, 15) is 4.79 Å². The Kier molecular flexibility index (Phi) is 5.85. The van der Waals surface area contributed by atoms with Crippen molar-refractivity contribution < 1.29 is 9.53 Å². The smallest absolute Gasteiger partial charge is 0.335 e. The highest BCUT2D eigenvalue weighted by molar-refractivity contribution is 5.89. The van der Waals surface area contributed by atoms with Crippen LogP contribution in [0.2, 0.25) is 0 Å². The first-order chi connectivity index (χ1) is 10.3. The average molecular weight is 287 g/mol. The zero-order valence-corrected chi connectivity index (χ0v) is 13.1. The van der Waals surface area contributed by atoms with E-state index in [-0.39, 0.29) is 5.97 Å². The Morgan fingerprint density at radius 3 is 2.67 bits per heavy atom. The summed E-state index contributed by atoms with van der Waals surface area (Å²) in [5, 5.41) is 0. The van der Waals surface area contributed by atoms with Crippen LogP contribution in [0.25, 0.3) is 0 Å². The van der Waals surface area contributed by atoms with Gasteiger partial charge in [0.2, 0.25) is 0 Å². The zero-order chi connectivity index (χ0) is 15.1. The van der Waals surface area contributed by atoms with Crippen LogP contribution in [0.5, 0.6) is 0 Å². The second-order valence-corrected chi connectivity index (χ2v) is 5.41. The van der Waals surface area contributed by atoms with E-state index in [1.54, 1.807) is 0 Å². The lowest BCUT2D eigenvalue weighted by Crippen LogP contribution is -2.21. The Labute approximate surface area is 127 Å². The second-order valence-electron chi connectivity index (χ2n) is 5.41. The van der Waals surface area contributed by atoms with E-state index in [1.807, 2.05) is 13.0 Å². The van der Waals surface area contributed by atoms with Crippen LogP contribution in [0.4, 0.5) is 0 Å². The Morgan fingerprint density at radius 1 is 1.24 bits per heavy atom. The highest BCUT2D eigenvalue weighted by Gasteiger charge is 2.24. The van der Waals surface area contributed by atoms with Crippen molar-refractivity contribution in [2.45, 2.75) is 46.1 Å². The Bertz CT molecular complexity index is 493. The number of carbonyl (C=O) groups excluding carboxylic acids is 1. The van der Waals surface area contributed by atoms with Crippen LogP contribution in [-0.2, 0) is 16.1 Å². The first kappa shape index (κ1) is 15.6. The van der Waals surface area contributed by atoms with Crippen LogP contribution < -0.4 is 0 Å². The summed E-state index contributed by atoms with van der Waals surface area (Å²) in [5.41, 5.74) is 3.36. The molecule has 0 atom stereocenters. The van der Waals surface area contributed by atoms with Crippen molar-refractivity contribution in [3.63, 3.8) is 0 Å².